The summed E-state index contributed by atoms with van der Waals surface area (Å²) in [6, 6.07) is 12.1. The zero-order valence-electron chi connectivity index (χ0n) is 14.2. The van der Waals surface area contributed by atoms with Gasteiger partial charge in [-0.1, -0.05) is 44.4 Å². The molecule has 0 radical (unpaired) electrons. The number of carbonyl (C=O) groups excluding carboxylic acids is 1. The van der Waals surface area contributed by atoms with Crippen LogP contribution in [0.4, 0.5) is 11.4 Å². The van der Waals surface area contributed by atoms with E-state index in [1.54, 1.807) is 12.3 Å². The molecule has 1 saturated carbocycles. The summed E-state index contributed by atoms with van der Waals surface area (Å²) in [7, 11) is 0. The van der Waals surface area contributed by atoms with Gasteiger partial charge in [0.25, 0.3) is 5.91 Å². The molecule has 1 aromatic heterocycles. The number of benzene rings is 1. The van der Waals surface area contributed by atoms with Gasteiger partial charge >= 0.3 is 0 Å². The highest BCUT2D eigenvalue weighted by atomic mass is 16.1. The Kier molecular flexibility index (Phi) is 5.47. The zero-order chi connectivity index (χ0) is 16.8. The summed E-state index contributed by atoms with van der Waals surface area (Å²) >= 11 is 0. The molecule has 2 aromatic rings. The van der Waals surface area contributed by atoms with Crippen molar-refractivity contribution in [3.8, 4) is 0 Å². The Morgan fingerprint density at radius 3 is 2.62 bits per heavy atom. The van der Waals surface area contributed by atoms with E-state index in [0.717, 1.165) is 23.4 Å². The molecule has 3 rings (SSSR count). The predicted octanol–water partition coefficient (Wildman–Crippen LogP) is 4.64. The highest BCUT2D eigenvalue weighted by molar-refractivity contribution is 6.03. The Morgan fingerprint density at radius 1 is 1.12 bits per heavy atom. The van der Waals surface area contributed by atoms with E-state index < -0.39 is 0 Å². The number of carbonyl (C=O) groups is 1. The van der Waals surface area contributed by atoms with E-state index in [1.165, 1.54) is 32.1 Å². The molecule has 0 atom stereocenters. The highest BCUT2D eigenvalue weighted by Crippen LogP contribution is 2.21. The second-order valence-corrected chi connectivity index (χ2v) is 6.38. The SMILES string of the molecule is CCc1ccccc1NC(=O)c1ccc(NC2CCCCC2)cn1. The van der Waals surface area contributed by atoms with E-state index >= 15 is 0 Å². The van der Waals surface area contributed by atoms with Gasteiger partial charge in [-0.25, -0.2) is 4.98 Å². The Labute approximate surface area is 143 Å². The quantitative estimate of drug-likeness (QED) is 0.842. The molecular weight excluding hydrogens is 298 g/mol. The Morgan fingerprint density at radius 2 is 1.92 bits per heavy atom. The normalized spacial score (nSPS) is 15.0. The lowest BCUT2D eigenvalue weighted by molar-refractivity contribution is 0.102. The smallest absolute Gasteiger partial charge is 0.274 e. The highest BCUT2D eigenvalue weighted by Gasteiger charge is 2.14. The molecule has 126 valence electrons. The van der Waals surface area contributed by atoms with Gasteiger partial charge in [-0.2, -0.15) is 0 Å². The lowest BCUT2D eigenvalue weighted by Crippen LogP contribution is -2.22. The fourth-order valence-electron chi connectivity index (χ4n) is 3.23. The standard InChI is InChI=1S/C20H25N3O/c1-2-15-8-6-7-11-18(15)23-20(24)19-13-12-17(14-21-19)22-16-9-4-3-5-10-16/h6-8,11-14,16,22H,2-5,9-10H2,1H3,(H,23,24). The van der Waals surface area contributed by atoms with E-state index in [0.29, 0.717) is 11.7 Å². The van der Waals surface area contributed by atoms with E-state index in [1.807, 2.05) is 30.3 Å². The van der Waals surface area contributed by atoms with Gasteiger partial charge in [-0.05, 0) is 43.0 Å². The molecule has 4 nitrogen and oxygen atoms in total. The van der Waals surface area contributed by atoms with Crippen LogP contribution in [0, 0.1) is 0 Å². The van der Waals surface area contributed by atoms with Gasteiger partial charge in [0, 0.05) is 11.7 Å². The summed E-state index contributed by atoms with van der Waals surface area (Å²) in [6.45, 7) is 2.08. The molecule has 24 heavy (non-hydrogen) atoms. The van der Waals surface area contributed by atoms with Crippen molar-refractivity contribution in [1.82, 2.24) is 4.98 Å². The van der Waals surface area contributed by atoms with Gasteiger partial charge in [0.05, 0.1) is 11.9 Å². The van der Waals surface area contributed by atoms with Crippen molar-refractivity contribution in [1.29, 1.82) is 0 Å². The number of rotatable bonds is 5. The van der Waals surface area contributed by atoms with Crippen molar-refractivity contribution in [2.24, 2.45) is 0 Å². The van der Waals surface area contributed by atoms with Crippen LogP contribution in [0.1, 0.15) is 55.1 Å². The number of hydrogen-bond acceptors (Lipinski definition) is 3. The molecule has 4 heteroatoms. The molecule has 0 aliphatic heterocycles. The van der Waals surface area contributed by atoms with Crippen molar-refractivity contribution >= 4 is 17.3 Å². The summed E-state index contributed by atoms with van der Waals surface area (Å²) in [5, 5.41) is 6.48. The van der Waals surface area contributed by atoms with Gasteiger partial charge in [0.15, 0.2) is 0 Å². The predicted molar refractivity (Wildman–Crippen MR) is 98.5 cm³/mol. The number of amides is 1. The number of para-hydroxylation sites is 1. The first-order valence-electron chi connectivity index (χ1n) is 8.88. The van der Waals surface area contributed by atoms with Crippen LogP contribution >= 0.6 is 0 Å². The summed E-state index contributed by atoms with van der Waals surface area (Å²) in [4.78, 5) is 16.7. The van der Waals surface area contributed by atoms with Crippen LogP contribution in [0.15, 0.2) is 42.6 Å². The van der Waals surface area contributed by atoms with Crippen LogP contribution in [-0.2, 0) is 6.42 Å². The molecule has 0 bridgehead atoms. The summed E-state index contributed by atoms with van der Waals surface area (Å²) in [5.41, 5.74) is 3.42. The monoisotopic (exact) mass is 323 g/mol. The second kappa shape index (κ2) is 7.95. The number of hydrogen-bond donors (Lipinski definition) is 2. The van der Waals surface area contributed by atoms with Crippen molar-refractivity contribution in [3.63, 3.8) is 0 Å². The number of nitrogens with zero attached hydrogens (tertiary/aromatic N) is 1. The minimum Gasteiger partial charge on any atom is -0.381 e. The maximum atomic E-state index is 12.4. The number of nitrogens with one attached hydrogen (secondary N) is 2. The molecule has 1 heterocycles. The minimum atomic E-state index is -0.167. The average molecular weight is 323 g/mol. The van der Waals surface area contributed by atoms with E-state index in [-0.39, 0.29) is 5.91 Å². The third-order valence-electron chi connectivity index (χ3n) is 4.62. The molecular formula is C20H25N3O. The molecule has 2 N–H and O–H groups in total. The third kappa shape index (κ3) is 4.13. The maximum absolute atomic E-state index is 12.4. The fourth-order valence-corrected chi connectivity index (χ4v) is 3.23. The van der Waals surface area contributed by atoms with Gasteiger partial charge in [-0.15, -0.1) is 0 Å². The largest absolute Gasteiger partial charge is 0.381 e. The van der Waals surface area contributed by atoms with Crippen LogP contribution in [0.25, 0.3) is 0 Å². The Hall–Kier alpha value is -2.36. The lowest BCUT2D eigenvalue weighted by Gasteiger charge is -2.23. The Bertz CT molecular complexity index is 676. The molecule has 0 saturated heterocycles. The van der Waals surface area contributed by atoms with Crippen LogP contribution in [0.3, 0.4) is 0 Å². The van der Waals surface area contributed by atoms with Crippen molar-refractivity contribution in [2.75, 3.05) is 10.6 Å². The number of pyridine rings is 1. The van der Waals surface area contributed by atoms with Gasteiger partial charge in [0.2, 0.25) is 0 Å². The first-order chi connectivity index (χ1) is 11.8. The van der Waals surface area contributed by atoms with Crippen LogP contribution in [0.5, 0.6) is 0 Å². The van der Waals surface area contributed by atoms with Gasteiger partial charge < -0.3 is 10.6 Å². The van der Waals surface area contributed by atoms with Gasteiger partial charge in [0.1, 0.15) is 5.69 Å². The molecule has 0 unspecified atom stereocenters. The number of aromatic nitrogens is 1. The number of aryl methyl sites for hydroxylation is 1. The summed E-state index contributed by atoms with van der Waals surface area (Å²) < 4.78 is 0. The summed E-state index contributed by atoms with van der Waals surface area (Å²) in [6.07, 6.45) is 9.01. The molecule has 1 fully saturated rings. The molecule has 0 spiro atoms. The van der Waals surface area contributed by atoms with E-state index in [4.69, 9.17) is 0 Å². The first-order valence-corrected chi connectivity index (χ1v) is 8.88. The molecule has 1 aliphatic carbocycles. The maximum Gasteiger partial charge on any atom is 0.274 e. The second-order valence-electron chi connectivity index (χ2n) is 6.38. The minimum absolute atomic E-state index is 0.167. The molecule has 1 aromatic carbocycles. The van der Waals surface area contributed by atoms with E-state index in [2.05, 4.69) is 22.5 Å². The summed E-state index contributed by atoms with van der Waals surface area (Å²) in [5.74, 6) is -0.167. The van der Waals surface area contributed by atoms with Crippen LogP contribution < -0.4 is 10.6 Å². The van der Waals surface area contributed by atoms with Crippen molar-refractivity contribution in [3.05, 3.63) is 53.9 Å². The third-order valence-corrected chi connectivity index (χ3v) is 4.62. The van der Waals surface area contributed by atoms with E-state index in [9.17, 15) is 4.79 Å². The van der Waals surface area contributed by atoms with Crippen molar-refractivity contribution < 1.29 is 4.79 Å². The molecule has 1 aliphatic rings. The molecule has 1 amide bonds. The zero-order valence-corrected chi connectivity index (χ0v) is 14.2. The Balaban J connectivity index is 1.63. The lowest BCUT2D eigenvalue weighted by atomic mass is 9.95. The first kappa shape index (κ1) is 16.5. The van der Waals surface area contributed by atoms with Crippen LogP contribution in [0.2, 0.25) is 0 Å². The van der Waals surface area contributed by atoms with Crippen molar-refractivity contribution in [2.45, 2.75) is 51.5 Å². The topological polar surface area (TPSA) is 54.0 Å². The fraction of sp³-hybridized carbons (Fsp3) is 0.400. The van der Waals surface area contributed by atoms with Crippen LogP contribution in [-0.4, -0.2) is 16.9 Å². The number of anilines is 2. The van der Waals surface area contributed by atoms with Gasteiger partial charge in [-0.3, -0.25) is 4.79 Å². The average Bonchev–Trinajstić information content (AvgIpc) is 2.63.